The molecule has 3 amide bonds. The number of halogens is 3. The molecule has 0 spiro atoms. The lowest BCUT2D eigenvalue weighted by Gasteiger charge is -2.39. The van der Waals surface area contributed by atoms with Crippen molar-refractivity contribution in [2.75, 3.05) is 18.9 Å². The molecular formula is C26H25F3N6O2. The fraction of sp³-hybridized carbons (Fsp3) is 0.192. The van der Waals surface area contributed by atoms with E-state index in [9.17, 15) is 22.8 Å². The van der Waals surface area contributed by atoms with Gasteiger partial charge in [-0.3, -0.25) is 19.6 Å². The highest BCUT2D eigenvalue weighted by molar-refractivity contribution is 6.08. The van der Waals surface area contributed by atoms with E-state index >= 15 is 0 Å². The molecule has 1 aliphatic rings. The van der Waals surface area contributed by atoms with E-state index in [0.717, 1.165) is 23.9 Å². The van der Waals surface area contributed by atoms with Gasteiger partial charge in [0.1, 0.15) is 18.5 Å². The number of carbonyl (C=O) groups excluding carboxylic acids is 2. The van der Waals surface area contributed by atoms with Gasteiger partial charge in [-0.15, -0.1) is 0 Å². The van der Waals surface area contributed by atoms with Gasteiger partial charge in [-0.25, -0.2) is 4.79 Å². The number of benzene rings is 2. The van der Waals surface area contributed by atoms with E-state index in [0.29, 0.717) is 15.5 Å². The van der Waals surface area contributed by atoms with Gasteiger partial charge in [0.15, 0.2) is 0 Å². The van der Waals surface area contributed by atoms with Crippen LogP contribution in [0.1, 0.15) is 5.56 Å². The number of alkyl halides is 3. The van der Waals surface area contributed by atoms with Crippen molar-refractivity contribution in [1.82, 2.24) is 20.1 Å². The SMILES string of the molecule is CN1C(=O)/C(=C(/NCc2ccc(-c3ccccn3)cc2)Nc2ccccc2)C(N)N(CC(F)(F)F)C1=O. The van der Waals surface area contributed by atoms with Gasteiger partial charge in [0, 0.05) is 31.0 Å². The summed E-state index contributed by atoms with van der Waals surface area (Å²) in [5, 5.41) is 6.15. The molecule has 1 unspecified atom stereocenters. The number of aromatic nitrogens is 1. The molecule has 3 aromatic rings. The normalized spacial score (nSPS) is 17.6. The van der Waals surface area contributed by atoms with Gasteiger partial charge in [-0.1, -0.05) is 48.5 Å². The van der Waals surface area contributed by atoms with Crippen molar-refractivity contribution in [3.63, 3.8) is 0 Å². The number of anilines is 1. The van der Waals surface area contributed by atoms with Crippen LogP contribution in [0.5, 0.6) is 0 Å². The number of hydrogen-bond donors (Lipinski definition) is 3. The smallest absolute Gasteiger partial charge is 0.367 e. The van der Waals surface area contributed by atoms with Crippen molar-refractivity contribution in [2.45, 2.75) is 18.9 Å². The van der Waals surface area contributed by atoms with Crippen LogP contribution in [0, 0.1) is 0 Å². The molecule has 1 aromatic heterocycles. The fourth-order valence-electron chi connectivity index (χ4n) is 3.87. The van der Waals surface area contributed by atoms with Crippen molar-refractivity contribution in [1.29, 1.82) is 0 Å². The predicted octanol–water partition coefficient (Wildman–Crippen LogP) is 3.90. The second-order valence-corrected chi connectivity index (χ2v) is 8.38. The zero-order chi connectivity index (χ0) is 26.6. The number of carbonyl (C=O) groups is 2. The van der Waals surface area contributed by atoms with Crippen LogP contribution in [0.2, 0.25) is 0 Å². The molecule has 0 radical (unpaired) electrons. The highest BCUT2D eigenvalue weighted by Gasteiger charge is 2.45. The highest BCUT2D eigenvalue weighted by Crippen LogP contribution is 2.26. The van der Waals surface area contributed by atoms with Crippen LogP contribution in [0.25, 0.3) is 11.3 Å². The average molecular weight is 511 g/mol. The molecule has 1 atom stereocenters. The summed E-state index contributed by atoms with van der Waals surface area (Å²) in [6.07, 6.45) is -4.62. The summed E-state index contributed by atoms with van der Waals surface area (Å²) >= 11 is 0. The van der Waals surface area contributed by atoms with Crippen LogP contribution >= 0.6 is 0 Å². The molecular weight excluding hydrogens is 485 g/mol. The first-order valence-electron chi connectivity index (χ1n) is 11.4. The maximum absolute atomic E-state index is 13.2. The quantitative estimate of drug-likeness (QED) is 0.417. The Morgan fingerprint density at radius 1 is 1.00 bits per heavy atom. The number of pyridine rings is 1. The Balaban J connectivity index is 1.65. The molecule has 4 N–H and O–H groups in total. The molecule has 11 heteroatoms. The summed E-state index contributed by atoms with van der Waals surface area (Å²) in [7, 11) is 1.12. The van der Waals surface area contributed by atoms with Gasteiger partial charge < -0.3 is 16.4 Å². The Hall–Kier alpha value is -4.38. The molecule has 2 aromatic carbocycles. The summed E-state index contributed by atoms with van der Waals surface area (Å²) in [6.45, 7) is -1.38. The molecule has 8 nitrogen and oxygen atoms in total. The fourth-order valence-corrected chi connectivity index (χ4v) is 3.87. The largest absolute Gasteiger partial charge is 0.406 e. The topological polar surface area (TPSA) is 104 Å². The second-order valence-electron chi connectivity index (χ2n) is 8.38. The van der Waals surface area contributed by atoms with Crippen molar-refractivity contribution in [3.05, 3.63) is 96.0 Å². The molecule has 0 saturated carbocycles. The van der Waals surface area contributed by atoms with Crippen LogP contribution in [0.4, 0.5) is 23.7 Å². The first-order valence-corrected chi connectivity index (χ1v) is 11.4. The van der Waals surface area contributed by atoms with Gasteiger partial charge in [0.2, 0.25) is 0 Å². The molecule has 4 rings (SSSR count). The molecule has 0 aliphatic carbocycles. The Bertz CT molecular complexity index is 1280. The third-order valence-electron chi connectivity index (χ3n) is 5.75. The van der Waals surface area contributed by atoms with E-state index in [1.807, 2.05) is 42.5 Å². The van der Waals surface area contributed by atoms with Gasteiger partial charge >= 0.3 is 12.2 Å². The summed E-state index contributed by atoms with van der Waals surface area (Å²) in [4.78, 5) is 30.9. The average Bonchev–Trinajstić information content (AvgIpc) is 2.89. The molecule has 1 saturated heterocycles. The number of nitrogens with one attached hydrogen (secondary N) is 2. The van der Waals surface area contributed by atoms with Crippen LogP contribution in [0.3, 0.4) is 0 Å². The van der Waals surface area contributed by atoms with Crippen molar-refractivity contribution >= 4 is 17.6 Å². The number of rotatable bonds is 7. The Labute approximate surface area is 211 Å². The number of hydrogen-bond acceptors (Lipinski definition) is 6. The highest BCUT2D eigenvalue weighted by atomic mass is 19.4. The maximum atomic E-state index is 13.2. The van der Waals surface area contributed by atoms with E-state index < -0.39 is 30.8 Å². The summed E-state index contributed by atoms with van der Waals surface area (Å²) < 4.78 is 39.6. The third kappa shape index (κ3) is 6.07. The standard InChI is InChI=1S/C26H25F3N6O2/c1-34-24(36)21(22(30)35(25(34)37)16-26(27,28)29)23(33-19-7-3-2-4-8-19)32-15-17-10-12-18(13-11-17)20-9-5-6-14-31-20/h2-14,22,32-33H,15-16,30H2,1H3/b23-21-. The number of nitrogens with two attached hydrogens (primary N) is 1. The first-order chi connectivity index (χ1) is 17.6. The number of likely N-dealkylation sites (N-methyl/N-ethyl adjacent to an activating group) is 1. The van der Waals surface area contributed by atoms with Crippen molar-refractivity contribution in [2.24, 2.45) is 5.73 Å². The van der Waals surface area contributed by atoms with Gasteiger partial charge in [0.05, 0.1) is 11.3 Å². The van der Waals surface area contributed by atoms with E-state index in [4.69, 9.17) is 5.73 Å². The lowest BCUT2D eigenvalue weighted by atomic mass is 10.1. The summed E-state index contributed by atoms with van der Waals surface area (Å²) in [5.74, 6) is -0.698. The molecule has 0 bridgehead atoms. The molecule has 2 heterocycles. The summed E-state index contributed by atoms with van der Waals surface area (Å²) in [5.41, 5.74) is 9.03. The Morgan fingerprint density at radius 3 is 2.30 bits per heavy atom. The predicted molar refractivity (Wildman–Crippen MR) is 133 cm³/mol. The Kier molecular flexibility index (Phi) is 7.44. The second kappa shape index (κ2) is 10.7. The van der Waals surface area contributed by atoms with E-state index in [1.54, 1.807) is 36.5 Å². The van der Waals surface area contributed by atoms with E-state index in [2.05, 4.69) is 15.6 Å². The van der Waals surface area contributed by atoms with Crippen molar-refractivity contribution < 1.29 is 22.8 Å². The van der Waals surface area contributed by atoms with Crippen LogP contribution < -0.4 is 16.4 Å². The van der Waals surface area contributed by atoms with Crippen LogP contribution in [-0.4, -0.2) is 52.7 Å². The number of amides is 3. The number of nitrogens with zero attached hydrogens (tertiary/aromatic N) is 3. The molecule has 1 aliphatic heterocycles. The zero-order valence-electron chi connectivity index (χ0n) is 19.9. The third-order valence-corrected chi connectivity index (χ3v) is 5.75. The minimum atomic E-state index is -4.70. The lowest BCUT2D eigenvalue weighted by Crippen LogP contribution is -2.62. The molecule has 37 heavy (non-hydrogen) atoms. The monoisotopic (exact) mass is 510 g/mol. The number of para-hydroxylation sites is 1. The van der Waals surface area contributed by atoms with Gasteiger partial charge in [-0.05, 0) is 29.8 Å². The number of imide groups is 1. The minimum Gasteiger partial charge on any atom is -0.367 e. The lowest BCUT2D eigenvalue weighted by molar-refractivity contribution is -0.149. The zero-order valence-corrected chi connectivity index (χ0v) is 19.9. The van der Waals surface area contributed by atoms with E-state index in [-0.39, 0.29) is 17.9 Å². The Morgan fingerprint density at radius 2 is 1.68 bits per heavy atom. The summed E-state index contributed by atoms with van der Waals surface area (Å²) in [6, 6.07) is 20.8. The molecule has 192 valence electrons. The maximum Gasteiger partial charge on any atom is 0.406 e. The van der Waals surface area contributed by atoms with E-state index in [1.165, 1.54) is 0 Å². The first kappa shape index (κ1) is 25.7. The van der Waals surface area contributed by atoms with Crippen LogP contribution in [-0.2, 0) is 11.3 Å². The minimum absolute atomic E-state index is 0.101. The van der Waals surface area contributed by atoms with Gasteiger partial charge in [-0.2, -0.15) is 13.2 Å². The van der Waals surface area contributed by atoms with Crippen LogP contribution in [0.15, 0.2) is 90.4 Å². The molecule has 1 fully saturated rings. The van der Waals surface area contributed by atoms with Gasteiger partial charge in [0.25, 0.3) is 5.91 Å². The van der Waals surface area contributed by atoms with Crippen molar-refractivity contribution in [3.8, 4) is 11.3 Å². The number of urea groups is 1.